The van der Waals surface area contributed by atoms with Crippen molar-refractivity contribution in [3.8, 4) is 0 Å². The van der Waals surface area contributed by atoms with Crippen LogP contribution in [0.3, 0.4) is 0 Å². The Morgan fingerprint density at radius 3 is 2.52 bits per heavy atom. The van der Waals surface area contributed by atoms with E-state index < -0.39 is 14.9 Å². The van der Waals surface area contributed by atoms with Gasteiger partial charge in [-0.25, -0.2) is 12.7 Å². The predicted molar refractivity (Wildman–Crippen MR) is 89.0 cm³/mol. The summed E-state index contributed by atoms with van der Waals surface area (Å²) in [6.45, 7) is 3.01. The Bertz CT molecular complexity index is 665. The number of sulfonamides is 1. The normalized spacial score (nSPS) is 24.7. The number of nitrogens with zero attached hydrogens (tertiary/aromatic N) is 2. The zero-order valence-corrected chi connectivity index (χ0v) is 14.2. The third kappa shape index (κ3) is 4.00. The lowest BCUT2D eigenvalue weighted by Gasteiger charge is -2.33. The summed E-state index contributed by atoms with van der Waals surface area (Å²) in [5, 5.41) is 13.9. The van der Waals surface area contributed by atoms with Crippen molar-refractivity contribution in [3.63, 3.8) is 0 Å². The number of hydrogen-bond donors (Lipinski definition) is 1. The predicted octanol–water partition coefficient (Wildman–Crippen LogP) is 1.39. The van der Waals surface area contributed by atoms with Crippen LogP contribution in [0.5, 0.6) is 0 Å². The molecule has 2 atom stereocenters. The lowest BCUT2D eigenvalue weighted by Crippen LogP contribution is -2.43. The quantitative estimate of drug-likeness (QED) is 0.646. The van der Waals surface area contributed by atoms with Gasteiger partial charge in [0.1, 0.15) is 0 Å². The molecule has 0 amide bonds. The van der Waals surface area contributed by atoms with Gasteiger partial charge in [0, 0.05) is 25.2 Å². The highest BCUT2D eigenvalue weighted by atomic mass is 35.5. The Hall–Kier alpha value is -1.22. The number of hydrogen-bond acceptors (Lipinski definition) is 5. The van der Waals surface area contributed by atoms with Crippen LogP contribution in [-0.2, 0) is 15.8 Å². The van der Waals surface area contributed by atoms with E-state index in [0.717, 1.165) is 19.5 Å². The first-order valence-electron chi connectivity index (χ1n) is 7.37. The van der Waals surface area contributed by atoms with Gasteiger partial charge in [-0.15, -0.1) is 12.4 Å². The molecule has 0 aromatic heterocycles. The Balaban J connectivity index is 0.00000192. The molecule has 9 heteroatoms. The summed E-state index contributed by atoms with van der Waals surface area (Å²) in [6, 6.07) is 5.72. The average Bonchev–Trinajstić information content (AvgIpc) is 2.94. The third-order valence-electron chi connectivity index (χ3n) is 4.56. The van der Waals surface area contributed by atoms with E-state index in [1.165, 1.54) is 24.3 Å². The fourth-order valence-corrected chi connectivity index (χ4v) is 4.87. The molecule has 3 rings (SSSR count). The van der Waals surface area contributed by atoms with Gasteiger partial charge in [0.05, 0.1) is 10.7 Å². The van der Waals surface area contributed by atoms with Crippen molar-refractivity contribution in [3.05, 3.63) is 39.9 Å². The summed E-state index contributed by atoms with van der Waals surface area (Å²) in [5.74, 6) is 0.890. The molecule has 1 aromatic carbocycles. The Labute approximate surface area is 141 Å². The lowest BCUT2D eigenvalue weighted by molar-refractivity contribution is -0.384. The van der Waals surface area contributed by atoms with E-state index in [4.69, 9.17) is 0 Å². The molecule has 2 fully saturated rings. The monoisotopic (exact) mass is 361 g/mol. The van der Waals surface area contributed by atoms with E-state index in [1.54, 1.807) is 4.31 Å². The summed E-state index contributed by atoms with van der Waals surface area (Å²) in [7, 11) is -3.37. The molecule has 7 nitrogen and oxygen atoms in total. The fourth-order valence-electron chi connectivity index (χ4n) is 3.27. The van der Waals surface area contributed by atoms with Crippen molar-refractivity contribution >= 4 is 28.1 Å². The number of nitro benzene ring substituents is 1. The second kappa shape index (κ2) is 7.12. The summed E-state index contributed by atoms with van der Waals surface area (Å²) >= 11 is 0. The van der Waals surface area contributed by atoms with E-state index in [2.05, 4.69) is 5.32 Å². The zero-order chi connectivity index (χ0) is 15.7. The topological polar surface area (TPSA) is 92.5 Å². The molecule has 23 heavy (non-hydrogen) atoms. The first-order valence-corrected chi connectivity index (χ1v) is 8.98. The lowest BCUT2D eigenvalue weighted by atomic mass is 9.90. The smallest absolute Gasteiger partial charge is 0.269 e. The van der Waals surface area contributed by atoms with Crippen molar-refractivity contribution in [1.29, 1.82) is 0 Å². The zero-order valence-electron chi connectivity index (χ0n) is 12.6. The minimum absolute atomic E-state index is 0. The molecule has 128 valence electrons. The second-order valence-electron chi connectivity index (χ2n) is 6.00. The van der Waals surface area contributed by atoms with Crippen molar-refractivity contribution in [2.75, 3.05) is 26.2 Å². The molecule has 2 unspecified atom stereocenters. The van der Waals surface area contributed by atoms with Gasteiger partial charge < -0.3 is 5.32 Å². The van der Waals surface area contributed by atoms with Crippen molar-refractivity contribution in [2.45, 2.75) is 12.2 Å². The second-order valence-corrected chi connectivity index (χ2v) is 7.97. The highest BCUT2D eigenvalue weighted by Gasteiger charge is 2.37. The maximum atomic E-state index is 12.5. The van der Waals surface area contributed by atoms with E-state index in [-0.39, 0.29) is 23.8 Å². The van der Waals surface area contributed by atoms with Crippen LogP contribution in [0.25, 0.3) is 0 Å². The van der Waals surface area contributed by atoms with Crippen LogP contribution in [0.1, 0.15) is 12.0 Å². The minimum atomic E-state index is -3.37. The van der Waals surface area contributed by atoms with Crippen LogP contribution >= 0.6 is 12.4 Å². The van der Waals surface area contributed by atoms with Gasteiger partial charge in [0.2, 0.25) is 10.0 Å². The molecule has 0 radical (unpaired) electrons. The molecular weight excluding hydrogens is 342 g/mol. The highest BCUT2D eigenvalue weighted by Crippen LogP contribution is 2.29. The fraction of sp³-hybridized carbons (Fsp3) is 0.571. The molecule has 1 aromatic rings. The van der Waals surface area contributed by atoms with Gasteiger partial charge in [0.15, 0.2) is 0 Å². The van der Waals surface area contributed by atoms with Gasteiger partial charge in [-0.3, -0.25) is 10.1 Å². The third-order valence-corrected chi connectivity index (χ3v) is 6.37. The molecule has 0 spiro atoms. The van der Waals surface area contributed by atoms with Crippen molar-refractivity contribution < 1.29 is 13.3 Å². The Morgan fingerprint density at radius 2 is 1.87 bits per heavy atom. The maximum absolute atomic E-state index is 12.5. The number of non-ortho nitro benzene ring substituents is 1. The average molecular weight is 362 g/mol. The molecule has 2 aliphatic rings. The van der Waals surface area contributed by atoms with Gasteiger partial charge in [-0.2, -0.15) is 0 Å². The summed E-state index contributed by atoms with van der Waals surface area (Å²) < 4.78 is 26.6. The molecule has 2 heterocycles. The van der Waals surface area contributed by atoms with Crippen molar-refractivity contribution in [1.82, 2.24) is 9.62 Å². The largest absolute Gasteiger partial charge is 0.316 e. The van der Waals surface area contributed by atoms with Gasteiger partial charge in [0.25, 0.3) is 5.69 Å². The van der Waals surface area contributed by atoms with Crippen LogP contribution in [-0.4, -0.2) is 43.8 Å². The Kier molecular flexibility index (Phi) is 5.61. The van der Waals surface area contributed by atoms with E-state index in [1.807, 2.05) is 0 Å². The highest BCUT2D eigenvalue weighted by molar-refractivity contribution is 7.88. The number of piperidine rings is 1. The molecule has 1 N–H and O–H groups in total. The molecule has 2 saturated heterocycles. The van der Waals surface area contributed by atoms with Crippen LogP contribution in [0.4, 0.5) is 5.69 Å². The number of halogens is 1. The number of nitro groups is 1. The van der Waals surface area contributed by atoms with Crippen LogP contribution in [0.15, 0.2) is 24.3 Å². The maximum Gasteiger partial charge on any atom is 0.269 e. The van der Waals surface area contributed by atoms with E-state index >= 15 is 0 Å². The van der Waals surface area contributed by atoms with Crippen LogP contribution < -0.4 is 5.32 Å². The van der Waals surface area contributed by atoms with Gasteiger partial charge >= 0.3 is 0 Å². The first-order chi connectivity index (χ1) is 10.5. The SMILES string of the molecule is Cl.O=[N+]([O-])c1ccc(CS(=O)(=O)N2CCC3CNCC3C2)cc1. The number of benzene rings is 1. The van der Waals surface area contributed by atoms with Gasteiger partial charge in [-0.1, -0.05) is 12.1 Å². The van der Waals surface area contributed by atoms with E-state index in [9.17, 15) is 18.5 Å². The summed E-state index contributed by atoms with van der Waals surface area (Å²) in [4.78, 5) is 10.1. The summed E-state index contributed by atoms with van der Waals surface area (Å²) in [6.07, 6.45) is 0.900. The standard InChI is InChI=1S/C14H19N3O4S.ClH/c18-17(19)14-3-1-11(2-4-14)10-22(20,21)16-6-5-12-7-15-8-13(12)9-16;/h1-4,12-13,15H,5-10H2;1H. The van der Waals surface area contributed by atoms with Crippen LogP contribution in [0, 0.1) is 22.0 Å². The number of nitrogens with one attached hydrogen (secondary N) is 1. The number of fused-ring (bicyclic) bond motifs is 1. The minimum Gasteiger partial charge on any atom is -0.316 e. The molecular formula is C14H20ClN3O4S. The van der Waals surface area contributed by atoms with Crippen molar-refractivity contribution in [2.24, 2.45) is 11.8 Å². The van der Waals surface area contributed by atoms with Gasteiger partial charge in [-0.05, 0) is 36.9 Å². The van der Waals surface area contributed by atoms with Crippen LogP contribution in [0.2, 0.25) is 0 Å². The number of rotatable bonds is 4. The molecule has 2 aliphatic heterocycles. The van der Waals surface area contributed by atoms with E-state index in [0.29, 0.717) is 30.5 Å². The Morgan fingerprint density at radius 1 is 1.22 bits per heavy atom. The molecule has 0 saturated carbocycles. The first kappa shape index (κ1) is 18.1. The molecule has 0 aliphatic carbocycles. The molecule has 0 bridgehead atoms. The summed E-state index contributed by atoms with van der Waals surface area (Å²) in [5.41, 5.74) is 0.552.